The molecule has 0 aromatic carbocycles. The average Bonchev–Trinajstić information content (AvgIpc) is 2.76. The van der Waals surface area contributed by atoms with Gasteiger partial charge in [0.15, 0.2) is 5.16 Å². The minimum Gasteiger partial charge on any atom is -0.385 e. The minimum atomic E-state index is -0.738. The highest BCUT2D eigenvalue weighted by molar-refractivity contribution is 7.99. The topological polar surface area (TPSA) is 38.1 Å². The molecule has 0 radical (unpaired) electrons. The number of thioether (sulfide) groups is 1. The predicted octanol–water partition coefficient (Wildman–Crippen LogP) is 3.18. The van der Waals surface area contributed by atoms with Crippen molar-refractivity contribution >= 4 is 11.8 Å². The highest BCUT2D eigenvalue weighted by Crippen LogP contribution is 2.38. The van der Waals surface area contributed by atoms with Gasteiger partial charge in [-0.3, -0.25) is 0 Å². The summed E-state index contributed by atoms with van der Waals surface area (Å²) in [7, 11) is 1.97. The van der Waals surface area contributed by atoms with Gasteiger partial charge in [0, 0.05) is 25.2 Å². The Balaban J connectivity index is 2.08. The van der Waals surface area contributed by atoms with Crippen molar-refractivity contribution in [3.05, 3.63) is 36.2 Å². The number of allylic oxidation sites excluding steroid dienone is 2. The standard InChI is InChI=1S/C15H22N2OS/c1-11(2)13-6-5-12(3)15(18,9-13)10-19-14-16-7-8-17(14)4/h5,7-8,13,18H,1,6,9-10H2,2-4H3/t13-,15-/m1/s1. The third-order valence-corrected chi connectivity index (χ3v) is 5.21. The van der Waals surface area contributed by atoms with E-state index in [1.165, 1.54) is 0 Å². The van der Waals surface area contributed by atoms with Crippen LogP contribution in [0.5, 0.6) is 0 Å². The molecule has 1 aromatic rings. The number of hydrogen-bond donors (Lipinski definition) is 1. The van der Waals surface area contributed by atoms with Crippen LogP contribution in [0.4, 0.5) is 0 Å². The Bertz CT molecular complexity index is 506. The lowest BCUT2D eigenvalue weighted by atomic mass is 9.77. The maximum Gasteiger partial charge on any atom is 0.167 e. The van der Waals surface area contributed by atoms with Crippen molar-refractivity contribution in [3.63, 3.8) is 0 Å². The van der Waals surface area contributed by atoms with Gasteiger partial charge in [-0.2, -0.15) is 0 Å². The Kier molecular flexibility index (Phi) is 4.21. The average molecular weight is 278 g/mol. The van der Waals surface area contributed by atoms with Crippen molar-refractivity contribution in [2.75, 3.05) is 5.75 Å². The molecule has 0 saturated heterocycles. The molecule has 0 saturated carbocycles. The van der Waals surface area contributed by atoms with Gasteiger partial charge in [0.2, 0.25) is 0 Å². The molecule has 19 heavy (non-hydrogen) atoms. The summed E-state index contributed by atoms with van der Waals surface area (Å²) >= 11 is 1.61. The molecule has 0 bridgehead atoms. The zero-order chi connectivity index (χ0) is 14.0. The van der Waals surface area contributed by atoms with E-state index < -0.39 is 5.60 Å². The molecule has 1 aromatic heterocycles. The van der Waals surface area contributed by atoms with E-state index in [4.69, 9.17) is 0 Å². The van der Waals surface area contributed by atoms with E-state index in [0.29, 0.717) is 11.7 Å². The molecule has 0 aliphatic heterocycles. The van der Waals surface area contributed by atoms with Crippen LogP contribution in [0.1, 0.15) is 26.7 Å². The number of hydrogen-bond acceptors (Lipinski definition) is 3. The predicted molar refractivity (Wildman–Crippen MR) is 80.2 cm³/mol. The molecular weight excluding hydrogens is 256 g/mol. The highest BCUT2D eigenvalue weighted by atomic mass is 32.2. The molecule has 0 unspecified atom stereocenters. The molecule has 0 amide bonds. The van der Waals surface area contributed by atoms with Crippen LogP contribution in [-0.2, 0) is 7.05 Å². The number of rotatable bonds is 4. The Labute approximate surface area is 119 Å². The van der Waals surface area contributed by atoms with Gasteiger partial charge in [-0.05, 0) is 38.2 Å². The van der Waals surface area contributed by atoms with Gasteiger partial charge in [-0.25, -0.2) is 4.98 Å². The van der Waals surface area contributed by atoms with Gasteiger partial charge < -0.3 is 9.67 Å². The van der Waals surface area contributed by atoms with Crippen LogP contribution in [-0.4, -0.2) is 26.0 Å². The molecule has 2 rings (SSSR count). The van der Waals surface area contributed by atoms with Crippen molar-refractivity contribution in [2.24, 2.45) is 13.0 Å². The van der Waals surface area contributed by atoms with Crippen LogP contribution in [0, 0.1) is 5.92 Å². The highest BCUT2D eigenvalue weighted by Gasteiger charge is 2.35. The van der Waals surface area contributed by atoms with E-state index in [1.807, 2.05) is 31.7 Å². The Hall–Kier alpha value is -1.00. The summed E-state index contributed by atoms with van der Waals surface area (Å²) in [5.41, 5.74) is 1.49. The van der Waals surface area contributed by atoms with E-state index in [0.717, 1.165) is 29.1 Å². The molecule has 1 N–H and O–H groups in total. The zero-order valence-corrected chi connectivity index (χ0v) is 12.7. The summed E-state index contributed by atoms with van der Waals surface area (Å²) in [4.78, 5) is 4.29. The molecular formula is C15H22N2OS. The normalized spacial score (nSPS) is 27.2. The van der Waals surface area contributed by atoms with Crippen LogP contribution < -0.4 is 0 Å². The number of nitrogens with zero attached hydrogens (tertiary/aromatic N) is 2. The van der Waals surface area contributed by atoms with Gasteiger partial charge in [0.05, 0.1) is 5.60 Å². The van der Waals surface area contributed by atoms with Gasteiger partial charge in [0.1, 0.15) is 0 Å². The molecule has 1 aliphatic carbocycles. The minimum absolute atomic E-state index is 0.385. The van der Waals surface area contributed by atoms with Gasteiger partial charge in [-0.15, -0.1) is 0 Å². The molecule has 0 spiro atoms. The van der Waals surface area contributed by atoms with E-state index >= 15 is 0 Å². The lowest BCUT2D eigenvalue weighted by Crippen LogP contribution is -2.38. The second-order valence-electron chi connectivity index (χ2n) is 5.51. The van der Waals surface area contributed by atoms with Gasteiger partial charge in [-0.1, -0.05) is 30.0 Å². The van der Waals surface area contributed by atoms with Gasteiger partial charge >= 0.3 is 0 Å². The van der Waals surface area contributed by atoms with Crippen molar-refractivity contribution in [1.82, 2.24) is 9.55 Å². The van der Waals surface area contributed by atoms with Crippen LogP contribution in [0.3, 0.4) is 0 Å². The third kappa shape index (κ3) is 3.12. The summed E-state index contributed by atoms with van der Waals surface area (Å²) in [6, 6.07) is 0. The van der Waals surface area contributed by atoms with Crippen molar-refractivity contribution in [3.8, 4) is 0 Å². The monoisotopic (exact) mass is 278 g/mol. The maximum atomic E-state index is 10.9. The van der Waals surface area contributed by atoms with Crippen LogP contribution in [0.15, 0.2) is 41.4 Å². The fraction of sp³-hybridized carbons (Fsp3) is 0.533. The van der Waals surface area contributed by atoms with Crippen LogP contribution >= 0.6 is 11.8 Å². The number of aryl methyl sites for hydroxylation is 1. The number of aliphatic hydroxyl groups is 1. The summed E-state index contributed by atoms with van der Waals surface area (Å²) in [5.74, 6) is 1.03. The lowest BCUT2D eigenvalue weighted by Gasteiger charge is -2.36. The van der Waals surface area contributed by atoms with Gasteiger partial charge in [0.25, 0.3) is 0 Å². The first-order chi connectivity index (χ1) is 8.92. The van der Waals surface area contributed by atoms with E-state index in [-0.39, 0.29) is 0 Å². The zero-order valence-electron chi connectivity index (χ0n) is 11.9. The van der Waals surface area contributed by atoms with E-state index in [2.05, 4.69) is 17.6 Å². The Morgan fingerprint density at radius 2 is 2.42 bits per heavy atom. The summed E-state index contributed by atoms with van der Waals surface area (Å²) in [6.07, 6.45) is 7.62. The fourth-order valence-corrected chi connectivity index (χ4v) is 3.50. The quantitative estimate of drug-likeness (QED) is 0.679. The first kappa shape index (κ1) is 14.4. The fourth-order valence-electron chi connectivity index (χ4n) is 2.38. The largest absolute Gasteiger partial charge is 0.385 e. The first-order valence-corrected chi connectivity index (χ1v) is 7.56. The van der Waals surface area contributed by atoms with Crippen LogP contribution in [0.2, 0.25) is 0 Å². The smallest absolute Gasteiger partial charge is 0.167 e. The van der Waals surface area contributed by atoms with Crippen molar-refractivity contribution in [2.45, 2.75) is 37.4 Å². The molecule has 2 atom stereocenters. The van der Waals surface area contributed by atoms with Crippen LogP contribution in [0.25, 0.3) is 0 Å². The molecule has 104 valence electrons. The first-order valence-electron chi connectivity index (χ1n) is 6.57. The third-order valence-electron chi connectivity index (χ3n) is 3.94. The number of aromatic nitrogens is 2. The maximum absolute atomic E-state index is 10.9. The molecule has 3 nitrogen and oxygen atoms in total. The van der Waals surface area contributed by atoms with E-state index in [1.54, 1.807) is 18.0 Å². The molecule has 4 heteroatoms. The summed E-state index contributed by atoms with van der Waals surface area (Å²) in [6.45, 7) is 8.10. The Morgan fingerprint density at radius 3 is 3.00 bits per heavy atom. The summed E-state index contributed by atoms with van der Waals surface area (Å²) in [5, 5.41) is 11.8. The molecule has 1 aliphatic rings. The van der Waals surface area contributed by atoms with Crippen molar-refractivity contribution in [1.29, 1.82) is 0 Å². The SMILES string of the molecule is C=C(C)[C@@H]1CC=C(C)[C@](O)(CSc2nccn2C)C1. The second kappa shape index (κ2) is 5.55. The number of imidazole rings is 1. The lowest BCUT2D eigenvalue weighted by molar-refractivity contribution is 0.0730. The molecule has 1 heterocycles. The second-order valence-corrected chi connectivity index (χ2v) is 6.45. The molecule has 0 fully saturated rings. The summed E-state index contributed by atoms with van der Waals surface area (Å²) < 4.78 is 1.98. The van der Waals surface area contributed by atoms with Crippen molar-refractivity contribution < 1.29 is 5.11 Å². The Morgan fingerprint density at radius 1 is 1.68 bits per heavy atom. The van der Waals surface area contributed by atoms with E-state index in [9.17, 15) is 5.11 Å².